The third-order valence-electron chi connectivity index (χ3n) is 3.78. The number of aromatic nitrogens is 2. The van der Waals surface area contributed by atoms with Gasteiger partial charge in [-0.2, -0.15) is 0 Å². The Bertz CT molecular complexity index is 805. The Balaban J connectivity index is 2.25. The van der Waals surface area contributed by atoms with Crippen LogP contribution in [0.4, 0.5) is 0 Å². The summed E-state index contributed by atoms with van der Waals surface area (Å²) in [4.78, 5) is 4.77. The number of hydrogen-bond donors (Lipinski definition) is 1. The first-order valence-corrected chi connectivity index (χ1v) is 6.94. The molecule has 21 heavy (non-hydrogen) atoms. The Kier molecular flexibility index (Phi) is 3.39. The molecule has 0 aliphatic rings. The molecule has 0 radical (unpaired) electrons. The van der Waals surface area contributed by atoms with Crippen molar-refractivity contribution in [2.75, 3.05) is 7.11 Å². The molecule has 0 bridgehead atoms. The summed E-state index contributed by atoms with van der Waals surface area (Å²) in [6.45, 7) is 2.59. The summed E-state index contributed by atoms with van der Waals surface area (Å²) in [6.07, 6.45) is 0. The third-order valence-corrected chi connectivity index (χ3v) is 3.78. The molecule has 4 nitrogen and oxygen atoms in total. The van der Waals surface area contributed by atoms with Gasteiger partial charge in [-0.25, -0.2) is 4.98 Å². The number of benzene rings is 2. The van der Waals surface area contributed by atoms with Gasteiger partial charge in [0.25, 0.3) is 0 Å². The van der Waals surface area contributed by atoms with E-state index in [1.807, 2.05) is 31.3 Å². The van der Waals surface area contributed by atoms with Crippen LogP contribution in [0.15, 0.2) is 36.4 Å². The highest BCUT2D eigenvalue weighted by molar-refractivity contribution is 5.82. The van der Waals surface area contributed by atoms with Crippen LogP contribution in [-0.2, 0) is 13.6 Å². The van der Waals surface area contributed by atoms with E-state index in [1.165, 1.54) is 5.56 Å². The number of hydrogen-bond acceptors (Lipinski definition) is 3. The van der Waals surface area contributed by atoms with E-state index in [9.17, 15) is 0 Å². The van der Waals surface area contributed by atoms with E-state index in [0.717, 1.165) is 33.7 Å². The van der Waals surface area contributed by atoms with Gasteiger partial charge in [-0.3, -0.25) is 0 Å². The minimum absolute atomic E-state index is 0.523. The molecule has 3 rings (SSSR count). The Hall–Kier alpha value is -2.33. The van der Waals surface area contributed by atoms with Gasteiger partial charge in [0.1, 0.15) is 11.6 Å². The van der Waals surface area contributed by atoms with E-state index < -0.39 is 0 Å². The number of ether oxygens (including phenoxy) is 1. The van der Waals surface area contributed by atoms with Crippen LogP contribution >= 0.6 is 0 Å². The zero-order chi connectivity index (χ0) is 15.0. The number of imidazole rings is 1. The average Bonchev–Trinajstić information content (AvgIpc) is 2.83. The van der Waals surface area contributed by atoms with Crippen molar-refractivity contribution in [2.45, 2.75) is 13.5 Å². The van der Waals surface area contributed by atoms with Crippen molar-refractivity contribution in [3.8, 4) is 17.1 Å². The van der Waals surface area contributed by atoms with Crippen LogP contribution in [0.1, 0.15) is 11.1 Å². The lowest BCUT2D eigenvalue weighted by Gasteiger charge is -2.09. The molecule has 0 aliphatic carbocycles. The molecule has 0 unspecified atom stereocenters. The van der Waals surface area contributed by atoms with Gasteiger partial charge in [-0.15, -0.1) is 0 Å². The highest BCUT2D eigenvalue weighted by Gasteiger charge is 2.14. The zero-order valence-corrected chi connectivity index (χ0v) is 12.6. The van der Waals surface area contributed by atoms with Crippen molar-refractivity contribution in [1.29, 1.82) is 0 Å². The Morgan fingerprint density at radius 2 is 2.00 bits per heavy atom. The lowest BCUT2D eigenvalue weighted by atomic mass is 10.1. The third kappa shape index (κ3) is 2.28. The number of nitrogens with zero attached hydrogens (tertiary/aromatic N) is 2. The topological polar surface area (TPSA) is 53.1 Å². The van der Waals surface area contributed by atoms with Crippen LogP contribution in [0.2, 0.25) is 0 Å². The highest BCUT2D eigenvalue weighted by Crippen LogP contribution is 2.32. The second-order valence-corrected chi connectivity index (χ2v) is 5.23. The molecule has 108 valence electrons. The number of methoxy groups -OCH3 is 1. The molecular formula is C17H19N3O. The van der Waals surface area contributed by atoms with E-state index >= 15 is 0 Å². The van der Waals surface area contributed by atoms with Gasteiger partial charge in [0.15, 0.2) is 0 Å². The molecule has 2 aromatic carbocycles. The van der Waals surface area contributed by atoms with Crippen molar-refractivity contribution in [3.63, 3.8) is 0 Å². The maximum absolute atomic E-state index is 5.71. The lowest BCUT2D eigenvalue weighted by Crippen LogP contribution is -1.96. The molecule has 1 heterocycles. The molecule has 0 saturated heterocycles. The smallest absolute Gasteiger partial charge is 0.144 e. The fourth-order valence-corrected chi connectivity index (χ4v) is 2.61. The first kappa shape index (κ1) is 13.6. The van der Waals surface area contributed by atoms with Crippen molar-refractivity contribution in [2.24, 2.45) is 12.8 Å². The van der Waals surface area contributed by atoms with Crippen molar-refractivity contribution in [1.82, 2.24) is 9.55 Å². The molecule has 0 atom stereocenters. The normalized spacial score (nSPS) is 11.0. The zero-order valence-electron chi connectivity index (χ0n) is 12.6. The van der Waals surface area contributed by atoms with Gasteiger partial charge < -0.3 is 15.0 Å². The minimum atomic E-state index is 0.523. The predicted octanol–water partition coefficient (Wildman–Crippen LogP) is 3.02. The summed E-state index contributed by atoms with van der Waals surface area (Å²) in [6, 6.07) is 12.3. The van der Waals surface area contributed by atoms with Crippen molar-refractivity contribution in [3.05, 3.63) is 47.5 Å². The monoisotopic (exact) mass is 281 g/mol. The standard InChI is InChI=1S/C17H19N3O/c1-11-4-7-16(21-3)13(8-11)17-19-14-9-12(10-18)5-6-15(14)20(17)2/h4-9H,10,18H2,1-3H3. The fourth-order valence-electron chi connectivity index (χ4n) is 2.61. The van der Waals surface area contributed by atoms with Gasteiger partial charge in [0, 0.05) is 13.6 Å². The molecule has 0 spiro atoms. The van der Waals surface area contributed by atoms with Crippen LogP contribution in [0, 0.1) is 6.92 Å². The number of nitrogens with two attached hydrogens (primary N) is 1. The van der Waals surface area contributed by atoms with Gasteiger partial charge >= 0.3 is 0 Å². The van der Waals surface area contributed by atoms with Crippen LogP contribution < -0.4 is 10.5 Å². The highest BCUT2D eigenvalue weighted by atomic mass is 16.5. The van der Waals surface area contributed by atoms with Gasteiger partial charge in [0.05, 0.1) is 23.7 Å². The van der Waals surface area contributed by atoms with E-state index in [4.69, 9.17) is 15.5 Å². The molecular weight excluding hydrogens is 262 g/mol. The predicted molar refractivity (Wildman–Crippen MR) is 85.3 cm³/mol. The fraction of sp³-hybridized carbons (Fsp3) is 0.235. The van der Waals surface area contributed by atoms with Crippen molar-refractivity contribution < 1.29 is 4.74 Å². The van der Waals surface area contributed by atoms with E-state index in [2.05, 4.69) is 23.6 Å². The molecule has 0 fully saturated rings. The summed E-state index contributed by atoms with van der Waals surface area (Å²) in [5.74, 6) is 1.73. The minimum Gasteiger partial charge on any atom is -0.496 e. The van der Waals surface area contributed by atoms with Gasteiger partial charge in [-0.1, -0.05) is 17.7 Å². The van der Waals surface area contributed by atoms with E-state index in [1.54, 1.807) is 7.11 Å². The maximum Gasteiger partial charge on any atom is 0.144 e. The number of rotatable bonds is 3. The average molecular weight is 281 g/mol. The largest absolute Gasteiger partial charge is 0.496 e. The second kappa shape index (κ2) is 5.22. The van der Waals surface area contributed by atoms with Crippen LogP contribution in [-0.4, -0.2) is 16.7 Å². The Morgan fingerprint density at radius 1 is 1.19 bits per heavy atom. The Labute approximate surface area is 124 Å². The van der Waals surface area contributed by atoms with E-state index in [0.29, 0.717) is 6.54 Å². The summed E-state index contributed by atoms with van der Waals surface area (Å²) < 4.78 is 7.57. The molecule has 0 aliphatic heterocycles. The van der Waals surface area contributed by atoms with Crippen LogP contribution in [0.5, 0.6) is 5.75 Å². The second-order valence-electron chi connectivity index (χ2n) is 5.23. The lowest BCUT2D eigenvalue weighted by molar-refractivity contribution is 0.416. The number of aryl methyl sites for hydroxylation is 2. The van der Waals surface area contributed by atoms with E-state index in [-0.39, 0.29) is 0 Å². The molecule has 2 N–H and O–H groups in total. The molecule has 4 heteroatoms. The summed E-state index contributed by atoms with van der Waals surface area (Å²) >= 11 is 0. The summed E-state index contributed by atoms with van der Waals surface area (Å²) in [7, 11) is 3.71. The first-order valence-electron chi connectivity index (χ1n) is 6.94. The maximum atomic E-state index is 5.71. The molecule has 3 aromatic rings. The number of fused-ring (bicyclic) bond motifs is 1. The van der Waals surface area contributed by atoms with Gasteiger partial charge in [0.2, 0.25) is 0 Å². The van der Waals surface area contributed by atoms with Gasteiger partial charge in [-0.05, 0) is 36.8 Å². The summed E-state index contributed by atoms with van der Waals surface area (Å²) in [5.41, 5.74) is 11.0. The molecule has 0 amide bonds. The molecule has 1 aromatic heterocycles. The van der Waals surface area contributed by atoms with Crippen LogP contribution in [0.3, 0.4) is 0 Å². The van der Waals surface area contributed by atoms with Crippen molar-refractivity contribution >= 4 is 11.0 Å². The SMILES string of the molecule is COc1ccc(C)cc1-c1nc2cc(CN)ccc2n1C. The molecule has 0 saturated carbocycles. The summed E-state index contributed by atoms with van der Waals surface area (Å²) in [5, 5.41) is 0. The van der Waals surface area contributed by atoms with Crippen LogP contribution in [0.25, 0.3) is 22.4 Å². The quantitative estimate of drug-likeness (QED) is 0.803. The first-order chi connectivity index (χ1) is 10.1. The Morgan fingerprint density at radius 3 is 2.71 bits per heavy atom.